The summed E-state index contributed by atoms with van der Waals surface area (Å²) in [4.78, 5) is 0. The Balaban J connectivity index is 1.82. The van der Waals surface area contributed by atoms with Crippen molar-refractivity contribution in [3.8, 4) is 17.2 Å². The van der Waals surface area contributed by atoms with Gasteiger partial charge in [0.05, 0.1) is 0 Å². The molecule has 4 aromatic carbocycles. The summed E-state index contributed by atoms with van der Waals surface area (Å²) in [5, 5.41) is 30.2. The van der Waals surface area contributed by atoms with Crippen LogP contribution in [0.1, 0.15) is 48.6 Å². The fourth-order valence-electron chi connectivity index (χ4n) is 4.43. The third kappa shape index (κ3) is 3.71. The van der Waals surface area contributed by atoms with Gasteiger partial charge in [0.15, 0.2) is 0 Å². The van der Waals surface area contributed by atoms with Gasteiger partial charge >= 0.3 is 0 Å². The highest BCUT2D eigenvalue weighted by Gasteiger charge is 2.34. The van der Waals surface area contributed by atoms with Crippen molar-refractivity contribution >= 4 is 0 Å². The molecule has 0 saturated carbocycles. The number of phenolic OH excluding ortho intramolecular Hbond substituents is 3. The average Bonchev–Trinajstić information content (AvgIpc) is 2.80. The first-order valence-electron chi connectivity index (χ1n) is 10.7. The molecule has 32 heavy (non-hydrogen) atoms. The second kappa shape index (κ2) is 8.08. The van der Waals surface area contributed by atoms with Crippen molar-refractivity contribution in [2.75, 3.05) is 0 Å². The van der Waals surface area contributed by atoms with Crippen molar-refractivity contribution in [2.24, 2.45) is 0 Å². The van der Waals surface area contributed by atoms with E-state index in [9.17, 15) is 15.3 Å². The Morgan fingerprint density at radius 3 is 1.31 bits per heavy atom. The van der Waals surface area contributed by atoms with E-state index in [0.29, 0.717) is 0 Å². The van der Waals surface area contributed by atoms with Gasteiger partial charge in [-0.3, -0.25) is 0 Å². The van der Waals surface area contributed by atoms with Crippen LogP contribution in [0.5, 0.6) is 17.2 Å². The highest BCUT2D eigenvalue weighted by atomic mass is 16.3. The topological polar surface area (TPSA) is 60.7 Å². The van der Waals surface area contributed by atoms with Gasteiger partial charge in [-0.25, -0.2) is 0 Å². The van der Waals surface area contributed by atoms with Crippen LogP contribution in [0.25, 0.3) is 0 Å². The predicted molar refractivity (Wildman–Crippen MR) is 128 cm³/mol. The number of benzene rings is 4. The van der Waals surface area contributed by atoms with Crippen LogP contribution in [0.3, 0.4) is 0 Å². The predicted octanol–water partition coefficient (Wildman–Crippen LogP) is 6.48. The molecular weight excluding hydrogens is 396 g/mol. The van der Waals surface area contributed by atoms with Gasteiger partial charge in [-0.1, -0.05) is 80.6 Å². The molecule has 0 radical (unpaired) electrons. The summed E-state index contributed by atoms with van der Waals surface area (Å²) in [6.45, 7) is 6.42. The second-order valence-corrected chi connectivity index (χ2v) is 8.94. The largest absolute Gasteiger partial charge is 0.508 e. The molecular formula is C29H28O3. The zero-order valence-electron chi connectivity index (χ0n) is 18.6. The van der Waals surface area contributed by atoms with Gasteiger partial charge in [-0.15, -0.1) is 0 Å². The lowest BCUT2D eigenvalue weighted by molar-refractivity contribution is 0.457. The Morgan fingerprint density at radius 1 is 0.469 bits per heavy atom. The molecule has 162 valence electrons. The van der Waals surface area contributed by atoms with E-state index in [0.717, 1.165) is 27.8 Å². The zero-order valence-corrected chi connectivity index (χ0v) is 18.6. The quantitative estimate of drug-likeness (QED) is 0.321. The highest BCUT2D eigenvalue weighted by molar-refractivity contribution is 5.55. The first-order valence-corrected chi connectivity index (χ1v) is 10.7. The lowest BCUT2D eigenvalue weighted by atomic mass is 9.69. The molecule has 3 heteroatoms. The van der Waals surface area contributed by atoms with Gasteiger partial charge < -0.3 is 15.3 Å². The van der Waals surface area contributed by atoms with Crippen molar-refractivity contribution in [3.05, 3.63) is 125 Å². The van der Waals surface area contributed by atoms with Gasteiger partial charge in [-0.05, 0) is 59.5 Å². The minimum atomic E-state index is -0.611. The molecule has 0 aromatic heterocycles. The van der Waals surface area contributed by atoms with E-state index in [-0.39, 0.29) is 22.7 Å². The summed E-state index contributed by atoms with van der Waals surface area (Å²) in [5.41, 5.74) is 4.23. The Bertz CT molecular complexity index is 1210. The van der Waals surface area contributed by atoms with Crippen LogP contribution in [-0.4, -0.2) is 15.3 Å². The van der Waals surface area contributed by atoms with Crippen molar-refractivity contribution in [3.63, 3.8) is 0 Å². The summed E-state index contributed by atoms with van der Waals surface area (Å²) in [6.07, 6.45) is 0. The van der Waals surface area contributed by atoms with Gasteiger partial charge in [0.2, 0.25) is 0 Å². The van der Waals surface area contributed by atoms with E-state index in [4.69, 9.17) is 0 Å². The summed E-state index contributed by atoms with van der Waals surface area (Å²) in [5.74, 6) is 0.697. The second-order valence-electron chi connectivity index (χ2n) is 8.94. The monoisotopic (exact) mass is 424 g/mol. The molecule has 4 aromatic rings. The lowest BCUT2D eigenvalue weighted by Crippen LogP contribution is -2.26. The molecule has 0 spiro atoms. The number of aromatic hydroxyl groups is 3. The summed E-state index contributed by atoms with van der Waals surface area (Å²) in [6, 6.07) is 30.3. The van der Waals surface area contributed by atoms with Crippen LogP contribution in [0, 0.1) is 0 Å². The molecule has 3 N–H and O–H groups in total. The van der Waals surface area contributed by atoms with Crippen LogP contribution >= 0.6 is 0 Å². The first-order chi connectivity index (χ1) is 15.2. The van der Waals surface area contributed by atoms with Gasteiger partial charge in [-0.2, -0.15) is 0 Å². The molecule has 0 heterocycles. The Hall–Kier alpha value is -3.72. The van der Waals surface area contributed by atoms with Gasteiger partial charge in [0, 0.05) is 16.4 Å². The molecule has 0 fully saturated rings. The molecule has 0 bridgehead atoms. The van der Waals surface area contributed by atoms with Crippen LogP contribution in [0.15, 0.2) is 97.1 Å². The molecule has 0 aliphatic carbocycles. The van der Waals surface area contributed by atoms with Crippen LogP contribution < -0.4 is 0 Å². The van der Waals surface area contributed by atoms with E-state index in [1.54, 1.807) is 30.3 Å². The standard InChI is InChI=1S/C29H28O3/c1-28(2,21-12-16-24(30)17-13-21)20-8-10-22(11-9-20)29(3,23-14-18-25(31)19-15-23)26-6-4-5-7-27(26)32/h4-19,30-32H,1-3H3. The highest BCUT2D eigenvalue weighted by Crippen LogP contribution is 2.43. The average molecular weight is 425 g/mol. The summed E-state index contributed by atoms with van der Waals surface area (Å²) >= 11 is 0. The van der Waals surface area contributed by atoms with Gasteiger partial charge in [0.25, 0.3) is 0 Å². The third-order valence-electron chi connectivity index (χ3n) is 6.66. The number of phenols is 3. The Labute approximate surface area is 189 Å². The van der Waals surface area contributed by atoms with E-state index in [1.165, 1.54) is 0 Å². The normalized spacial score (nSPS) is 13.5. The van der Waals surface area contributed by atoms with E-state index in [2.05, 4.69) is 45.0 Å². The number of rotatable bonds is 5. The van der Waals surface area contributed by atoms with Crippen LogP contribution in [-0.2, 0) is 10.8 Å². The number of para-hydroxylation sites is 1. The molecule has 3 nitrogen and oxygen atoms in total. The SMILES string of the molecule is CC(C)(c1ccc(O)cc1)c1ccc(C(C)(c2ccc(O)cc2)c2ccccc2O)cc1. The molecule has 1 atom stereocenters. The van der Waals surface area contributed by atoms with E-state index in [1.807, 2.05) is 42.5 Å². The third-order valence-corrected chi connectivity index (χ3v) is 6.66. The van der Waals surface area contributed by atoms with Crippen LogP contribution in [0.4, 0.5) is 0 Å². The maximum absolute atomic E-state index is 10.7. The summed E-state index contributed by atoms with van der Waals surface area (Å²) in [7, 11) is 0. The minimum absolute atomic E-state index is 0.208. The Morgan fingerprint density at radius 2 is 0.844 bits per heavy atom. The number of hydrogen-bond acceptors (Lipinski definition) is 3. The maximum Gasteiger partial charge on any atom is 0.120 e. The first kappa shape index (κ1) is 21.5. The molecule has 0 aliphatic heterocycles. The summed E-state index contributed by atoms with van der Waals surface area (Å²) < 4.78 is 0. The van der Waals surface area contributed by atoms with Gasteiger partial charge in [0.1, 0.15) is 17.2 Å². The fraction of sp³-hybridized carbons (Fsp3) is 0.172. The fourth-order valence-corrected chi connectivity index (χ4v) is 4.43. The van der Waals surface area contributed by atoms with Crippen molar-refractivity contribution in [1.82, 2.24) is 0 Å². The van der Waals surface area contributed by atoms with Crippen molar-refractivity contribution < 1.29 is 15.3 Å². The van der Waals surface area contributed by atoms with Crippen molar-refractivity contribution in [1.29, 1.82) is 0 Å². The number of hydrogen-bond donors (Lipinski definition) is 3. The molecule has 4 rings (SSSR count). The molecule has 0 amide bonds. The molecule has 0 saturated heterocycles. The smallest absolute Gasteiger partial charge is 0.120 e. The maximum atomic E-state index is 10.7. The zero-order chi connectivity index (χ0) is 22.9. The Kier molecular flexibility index (Phi) is 5.43. The van der Waals surface area contributed by atoms with Crippen molar-refractivity contribution in [2.45, 2.75) is 31.6 Å². The van der Waals surface area contributed by atoms with E-state index < -0.39 is 5.41 Å². The molecule has 0 aliphatic rings. The van der Waals surface area contributed by atoms with E-state index >= 15 is 0 Å². The minimum Gasteiger partial charge on any atom is -0.508 e. The van der Waals surface area contributed by atoms with Crippen LogP contribution in [0.2, 0.25) is 0 Å². The lowest BCUT2D eigenvalue weighted by Gasteiger charge is -2.33. The molecule has 1 unspecified atom stereocenters.